The second-order valence-electron chi connectivity index (χ2n) is 5.20. The average molecular weight is 352 g/mol. The molecule has 0 saturated heterocycles. The average Bonchev–Trinajstić information content (AvgIpc) is 2.49. The lowest BCUT2D eigenvalue weighted by Crippen LogP contribution is -2.18. The third-order valence-corrected chi connectivity index (χ3v) is 3.16. The fourth-order valence-electron chi connectivity index (χ4n) is 2.14. The predicted octanol–water partition coefficient (Wildman–Crippen LogP) is 4.10. The van der Waals surface area contributed by atoms with Gasteiger partial charge >= 0.3 is 6.36 Å². The maximum Gasteiger partial charge on any atom is 0.573 e. The smallest absolute Gasteiger partial charge is 0.406 e. The first kappa shape index (κ1) is 18.3. The van der Waals surface area contributed by atoms with E-state index in [4.69, 9.17) is 0 Å². The van der Waals surface area contributed by atoms with E-state index in [1.807, 2.05) is 0 Å². The first-order chi connectivity index (χ1) is 11.7. The van der Waals surface area contributed by atoms with Crippen LogP contribution >= 0.6 is 0 Å². The molecule has 0 fully saturated rings. The van der Waals surface area contributed by atoms with Gasteiger partial charge in [-0.1, -0.05) is 12.1 Å². The lowest BCUT2D eigenvalue weighted by atomic mass is 10.1. The fraction of sp³-hybridized carbons (Fsp3) is 0.176. The number of nitrogens with one attached hydrogen (secondary N) is 2. The molecular weight excluding hydrogens is 337 g/mol. The molecule has 2 rings (SSSR count). The third kappa shape index (κ3) is 5.23. The van der Waals surface area contributed by atoms with Gasteiger partial charge in [-0.05, 0) is 42.8 Å². The van der Waals surface area contributed by atoms with Crippen molar-refractivity contribution in [3.63, 3.8) is 0 Å². The highest BCUT2D eigenvalue weighted by Gasteiger charge is 2.31. The van der Waals surface area contributed by atoms with E-state index in [0.717, 1.165) is 12.1 Å². The molecule has 0 spiro atoms. The van der Waals surface area contributed by atoms with Crippen LogP contribution in [0.5, 0.6) is 5.75 Å². The molecule has 0 bridgehead atoms. The summed E-state index contributed by atoms with van der Waals surface area (Å²) in [5.74, 6) is -1.21. The van der Waals surface area contributed by atoms with Gasteiger partial charge in [-0.2, -0.15) is 0 Å². The molecule has 8 heteroatoms. The molecule has 0 atom stereocenters. The van der Waals surface area contributed by atoms with Crippen LogP contribution in [0.4, 0.5) is 24.5 Å². The Kier molecular flexibility index (Phi) is 5.31. The van der Waals surface area contributed by atoms with Crippen molar-refractivity contribution in [2.45, 2.75) is 20.2 Å². The van der Waals surface area contributed by atoms with Gasteiger partial charge in [0.15, 0.2) is 0 Å². The summed E-state index contributed by atoms with van der Waals surface area (Å²) in [4.78, 5) is 23.7. The minimum Gasteiger partial charge on any atom is -0.406 e. The highest BCUT2D eigenvalue weighted by molar-refractivity contribution is 6.10. The largest absolute Gasteiger partial charge is 0.573 e. The van der Waals surface area contributed by atoms with Gasteiger partial charge in [0.2, 0.25) is 5.91 Å². The maximum absolute atomic E-state index is 12.4. The Bertz CT molecular complexity index is 787. The van der Waals surface area contributed by atoms with Crippen molar-refractivity contribution in [2.24, 2.45) is 0 Å². The topological polar surface area (TPSA) is 67.4 Å². The van der Waals surface area contributed by atoms with E-state index in [2.05, 4.69) is 15.4 Å². The Labute approximate surface area is 141 Å². The van der Waals surface area contributed by atoms with Crippen LogP contribution < -0.4 is 15.4 Å². The Morgan fingerprint density at radius 1 is 1.00 bits per heavy atom. The monoisotopic (exact) mass is 352 g/mol. The number of carbonyl (C=O) groups excluding carboxylic acids is 2. The third-order valence-electron chi connectivity index (χ3n) is 3.16. The number of alkyl halides is 3. The van der Waals surface area contributed by atoms with E-state index in [0.29, 0.717) is 11.3 Å². The zero-order valence-corrected chi connectivity index (χ0v) is 13.4. The van der Waals surface area contributed by atoms with Crippen molar-refractivity contribution in [1.82, 2.24) is 0 Å². The zero-order chi connectivity index (χ0) is 18.6. The number of amides is 2. The Morgan fingerprint density at radius 3 is 2.20 bits per heavy atom. The summed E-state index contributed by atoms with van der Waals surface area (Å²) >= 11 is 0. The quantitative estimate of drug-likeness (QED) is 0.870. The van der Waals surface area contributed by atoms with Gasteiger partial charge in [0.25, 0.3) is 5.91 Å². The van der Waals surface area contributed by atoms with Crippen LogP contribution in [-0.2, 0) is 4.79 Å². The van der Waals surface area contributed by atoms with Gasteiger partial charge in [0, 0.05) is 12.6 Å². The first-order valence-corrected chi connectivity index (χ1v) is 7.20. The number of carbonyl (C=O) groups is 2. The summed E-state index contributed by atoms with van der Waals surface area (Å²) in [5, 5.41) is 5.16. The number of aryl methyl sites for hydroxylation is 1. The highest BCUT2D eigenvalue weighted by Crippen LogP contribution is 2.25. The van der Waals surface area contributed by atoms with E-state index in [1.54, 1.807) is 19.1 Å². The second kappa shape index (κ2) is 7.25. The summed E-state index contributed by atoms with van der Waals surface area (Å²) in [6.07, 6.45) is -4.78. The minimum absolute atomic E-state index is 0.241. The van der Waals surface area contributed by atoms with Crippen molar-refractivity contribution in [1.29, 1.82) is 0 Å². The lowest BCUT2D eigenvalue weighted by Gasteiger charge is -2.13. The van der Waals surface area contributed by atoms with E-state index < -0.39 is 12.3 Å². The summed E-state index contributed by atoms with van der Waals surface area (Å²) in [5.41, 5.74) is 1.61. The molecule has 2 N–H and O–H groups in total. The second-order valence-corrected chi connectivity index (χ2v) is 5.20. The van der Waals surface area contributed by atoms with Crippen LogP contribution in [-0.4, -0.2) is 18.2 Å². The van der Waals surface area contributed by atoms with Crippen LogP contribution in [0.3, 0.4) is 0 Å². The van der Waals surface area contributed by atoms with Crippen LogP contribution in [0.1, 0.15) is 22.8 Å². The van der Waals surface area contributed by atoms with Crippen LogP contribution in [0, 0.1) is 6.92 Å². The standard InChI is InChI=1S/C17H15F3N2O3/c1-10-4-3-5-14(15(10)21-11(2)23)16(24)22-12-6-8-13(9-7-12)25-17(18,19)20/h3-9H,1-2H3,(H,21,23)(H,22,24). The molecule has 0 aromatic heterocycles. The first-order valence-electron chi connectivity index (χ1n) is 7.20. The molecule has 2 amide bonds. The van der Waals surface area contributed by atoms with Crippen molar-refractivity contribution < 1.29 is 27.5 Å². The molecule has 2 aromatic rings. The van der Waals surface area contributed by atoms with E-state index in [1.165, 1.54) is 25.1 Å². The number of halogens is 3. The van der Waals surface area contributed by atoms with Gasteiger partial charge in [0.05, 0.1) is 11.3 Å². The SMILES string of the molecule is CC(=O)Nc1c(C)cccc1C(=O)Nc1ccc(OC(F)(F)F)cc1. The minimum atomic E-state index is -4.78. The molecule has 0 radical (unpaired) electrons. The van der Waals surface area contributed by atoms with Gasteiger partial charge < -0.3 is 15.4 Å². The summed E-state index contributed by atoms with van der Waals surface area (Å²) < 4.78 is 40.2. The number of hydrogen-bond acceptors (Lipinski definition) is 3. The normalized spacial score (nSPS) is 10.9. The van der Waals surface area contributed by atoms with E-state index >= 15 is 0 Å². The Morgan fingerprint density at radius 2 is 1.64 bits per heavy atom. The molecule has 0 aliphatic carbocycles. The Hall–Kier alpha value is -3.03. The molecule has 0 aliphatic heterocycles. The molecule has 0 unspecified atom stereocenters. The fourth-order valence-corrected chi connectivity index (χ4v) is 2.14. The number of para-hydroxylation sites is 1. The van der Waals surface area contributed by atoms with E-state index in [-0.39, 0.29) is 22.9 Å². The molecule has 5 nitrogen and oxygen atoms in total. The Balaban J connectivity index is 2.17. The van der Waals surface area contributed by atoms with Crippen LogP contribution in [0.25, 0.3) is 0 Å². The van der Waals surface area contributed by atoms with Crippen LogP contribution in [0.2, 0.25) is 0 Å². The number of rotatable bonds is 4. The number of ether oxygens (including phenoxy) is 1. The number of anilines is 2. The van der Waals surface area contributed by atoms with Gasteiger partial charge in [-0.15, -0.1) is 13.2 Å². The summed E-state index contributed by atoms with van der Waals surface area (Å²) in [7, 11) is 0. The summed E-state index contributed by atoms with van der Waals surface area (Å²) in [6.45, 7) is 3.07. The molecule has 0 heterocycles. The van der Waals surface area contributed by atoms with Gasteiger partial charge in [0.1, 0.15) is 5.75 Å². The van der Waals surface area contributed by atoms with Crippen molar-refractivity contribution in [2.75, 3.05) is 10.6 Å². The van der Waals surface area contributed by atoms with Crippen molar-refractivity contribution in [3.8, 4) is 5.75 Å². The maximum atomic E-state index is 12.4. The van der Waals surface area contributed by atoms with Crippen molar-refractivity contribution in [3.05, 3.63) is 53.6 Å². The highest BCUT2D eigenvalue weighted by atomic mass is 19.4. The van der Waals surface area contributed by atoms with Gasteiger partial charge in [-0.3, -0.25) is 9.59 Å². The van der Waals surface area contributed by atoms with E-state index in [9.17, 15) is 22.8 Å². The van der Waals surface area contributed by atoms with Gasteiger partial charge in [-0.25, -0.2) is 0 Å². The molecule has 0 aliphatic rings. The molecule has 2 aromatic carbocycles. The predicted molar refractivity (Wildman–Crippen MR) is 86.6 cm³/mol. The molecule has 0 saturated carbocycles. The van der Waals surface area contributed by atoms with Crippen molar-refractivity contribution >= 4 is 23.2 Å². The molecular formula is C17H15F3N2O3. The number of hydrogen-bond donors (Lipinski definition) is 2. The molecule has 25 heavy (non-hydrogen) atoms. The molecule has 132 valence electrons. The zero-order valence-electron chi connectivity index (χ0n) is 13.4. The lowest BCUT2D eigenvalue weighted by molar-refractivity contribution is -0.274. The summed E-state index contributed by atoms with van der Waals surface area (Å²) in [6, 6.07) is 9.69. The number of benzene rings is 2. The van der Waals surface area contributed by atoms with Crippen LogP contribution in [0.15, 0.2) is 42.5 Å².